The van der Waals surface area contributed by atoms with E-state index < -0.39 is 10.0 Å². The van der Waals surface area contributed by atoms with Gasteiger partial charge in [0.15, 0.2) is 0 Å². The zero-order chi connectivity index (χ0) is 22.0. The Bertz CT molecular complexity index is 1200. The minimum Gasteiger partial charge on any atom is -0.444 e. The highest BCUT2D eigenvalue weighted by Crippen LogP contribution is 2.23. The maximum Gasteiger partial charge on any atom is 0.251 e. The highest BCUT2D eigenvalue weighted by molar-refractivity contribution is 7.89. The lowest BCUT2D eigenvalue weighted by molar-refractivity contribution is 0.0953. The maximum absolute atomic E-state index is 12.7. The summed E-state index contributed by atoms with van der Waals surface area (Å²) in [6.07, 6.45) is 3.79. The van der Waals surface area contributed by atoms with Gasteiger partial charge in [-0.05, 0) is 56.5 Å². The lowest BCUT2D eigenvalue weighted by Crippen LogP contribution is -2.28. The van der Waals surface area contributed by atoms with Crippen LogP contribution in [0.1, 0.15) is 40.0 Å². The van der Waals surface area contributed by atoms with Crippen LogP contribution in [-0.2, 0) is 16.4 Å². The van der Waals surface area contributed by atoms with E-state index in [2.05, 4.69) is 15.0 Å². The fraction of sp³-hybridized carbons (Fsp3) is 0.304. The molecule has 0 saturated heterocycles. The fourth-order valence-corrected chi connectivity index (χ4v) is 4.48. The summed E-state index contributed by atoms with van der Waals surface area (Å²) >= 11 is 0. The first kappa shape index (κ1) is 21.3. The first-order valence-corrected chi connectivity index (χ1v) is 11.7. The van der Waals surface area contributed by atoms with E-state index in [-0.39, 0.29) is 16.8 Å². The van der Waals surface area contributed by atoms with Gasteiger partial charge in [0.05, 0.1) is 10.6 Å². The van der Waals surface area contributed by atoms with Gasteiger partial charge in [-0.2, -0.15) is 0 Å². The number of carbonyl (C=O) groups excluding carboxylic acids is 1. The molecule has 7 nitrogen and oxygen atoms in total. The van der Waals surface area contributed by atoms with Crippen LogP contribution < -0.4 is 10.0 Å². The van der Waals surface area contributed by atoms with Crippen LogP contribution in [0.5, 0.6) is 0 Å². The number of sulfonamides is 1. The number of hydrogen-bond acceptors (Lipinski definition) is 5. The van der Waals surface area contributed by atoms with Gasteiger partial charge in [0.25, 0.3) is 5.91 Å². The molecule has 1 heterocycles. The standard InChI is InChI=1S/C23H25N3O4S/c1-15-3-6-17(7-4-15)23-25-19(14-30-23)11-12-24-22(27)21-13-20(10-5-16(21)2)31(28,29)26-18-8-9-18/h3-7,10,13-14,18,26H,8-9,11-12H2,1-2H3,(H,24,27). The smallest absolute Gasteiger partial charge is 0.251 e. The highest BCUT2D eigenvalue weighted by Gasteiger charge is 2.28. The molecule has 0 radical (unpaired) electrons. The van der Waals surface area contributed by atoms with E-state index in [9.17, 15) is 13.2 Å². The van der Waals surface area contributed by atoms with Gasteiger partial charge in [-0.15, -0.1) is 0 Å². The largest absolute Gasteiger partial charge is 0.444 e. The molecule has 1 aromatic heterocycles. The highest BCUT2D eigenvalue weighted by atomic mass is 32.2. The summed E-state index contributed by atoms with van der Waals surface area (Å²) in [5.41, 5.74) is 3.85. The zero-order valence-electron chi connectivity index (χ0n) is 17.5. The van der Waals surface area contributed by atoms with E-state index in [1.165, 1.54) is 12.1 Å². The molecule has 31 heavy (non-hydrogen) atoms. The third kappa shape index (κ3) is 5.21. The van der Waals surface area contributed by atoms with Crippen LogP contribution in [0.2, 0.25) is 0 Å². The summed E-state index contributed by atoms with van der Waals surface area (Å²) in [6, 6.07) is 12.5. The van der Waals surface area contributed by atoms with Crippen LogP contribution in [0.3, 0.4) is 0 Å². The van der Waals surface area contributed by atoms with Crippen molar-refractivity contribution in [1.82, 2.24) is 15.0 Å². The molecule has 1 fully saturated rings. The summed E-state index contributed by atoms with van der Waals surface area (Å²) in [4.78, 5) is 17.2. The second kappa shape index (κ2) is 8.64. The molecular formula is C23H25N3O4S. The lowest BCUT2D eigenvalue weighted by atomic mass is 10.1. The van der Waals surface area contributed by atoms with Crippen molar-refractivity contribution >= 4 is 15.9 Å². The Hall–Kier alpha value is -2.97. The van der Waals surface area contributed by atoms with Crippen molar-refractivity contribution in [2.45, 2.75) is 44.0 Å². The molecule has 0 unspecified atom stereocenters. The van der Waals surface area contributed by atoms with E-state index in [1.54, 1.807) is 19.3 Å². The Morgan fingerprint density at radius 3 is 2.58 bits per heavy atom. The number of benzene rings is 2. The number of aromatic nitrogens is 1. The predicted octanol–water partition coefficient (Wildman–Crippen LogP) is 3.37. The van der Waals surface area contributed by atoms with Crippen molar-refractivity contribution in [3.8, 4) is 11.5 Å². The van der Waals surface area contributed by atoms with Crippen LogP contribution in [0.15, 0.2) is 58.0 Å². The van der Waals surface area contributed by atoms with E-state index in [0.717, 1.165) is 29.7 Å². The van der Waals surface area contributed by atoms with E-state index in [4.69, 9.17) is 4.42 Å². The Labute approximate surface area is 181 Å². The van der Waals surface area contributed by atoms with Gasteiger partial charge in [-0.25, -0.2) is 18.1 Å². The second-order valence-electron chi connectivity index (χ2n) is 7.89. The van der Waals surface area contributed by atoms with Gasteiger partial charge in [0, 0.05) is 30.1 Å². The molecule has 8 heteroatoms. The Morgan fingerprint density at radius 1 is 1.13 bits per heavy atom. The summed E-state index contributed by atoms with van der Waals surface area (Å²) in [5.74, 6) is 0.224. The number of aryl methyl sites for hydroxylation is 2. The third-order valence-corrected chi connectivity index (χ3v) is 6.70. The number of nitrogens with one attached hydrogen (secondary N) is 2. The molecule has 3 aromatic rings. The molecule has 1 amide bonds. The fourth-order valence-electron chi connectivity index (χ4n) is 3.15. The molecule has 1 aliphatic carbocycles. The minimum atomic E-state index is -3.61. The predicted molar refractivity (Wildman–Crippen MR) is 117 cm³/mol. The molecule has 162 valence electrons. The summed E-state index contributed by atoms with van der Waals surface area (Å²) < 4.78 is 33.1. The van der Waals surface area contributed by atoms with Crippen molar-refractivity contribution in [3.63, 3.8) is 0 Å². The monoisotopic (exact) mass is 439 g/mol. The Kier molecular flexibility index (Phi) is 5.93. The molecule has 1 aliphatic rings. The Balaban J connectivity index is 1.38. The van der Waals surface area contributed by atoms with Crippen LogP contribution >= 0.6 is 0 Å². The van der Waals surface area contributed by atoms with Gasteiger partial charge in [-0.3, -0.25) is 4.79 Å². The van der Waals surface area contributed by atoms with Crippen molar-refractivity contribution in [3.05, 3.63) is 71.1 Å². The lowest BCUT2D eigenvalue weighted by Gasteiger charge is -2.10. The molecule has 4 rings (SSSR count). The zero-order valence-corrected chi connectivity index (χ0v) is 18.3. The SMILES string of the molecule is Cc1ccc(-c2nc(CCNC(=O)c3cc(S(=O)(=O)NC4CC4)ccc3C)co2)cc1. The Morgan fingerprint density at radius 2 is 1.87 bits per heavy atom. The van der Waals surface area contributed by atoms with Crippen LogP contribution in [-0.4, -0.2) is 31.9 Å². The number of hydrogen-bond donors (Lipinski definition) is 2. The number of rotatable bonds is 8. The van der Waals surface area contributed by atoms with Crippen molar-refractivity contribution < 1.29 is 17.6 Å². The molecule has 2 aromatic carbocycles. The topological polar surface area (TPSA) is 101 Å². The van der Waals surface area contributed by atoms with Crippen LogP contribution in [0.4, 0.5) is 0 Å². The van der Waals surface area contributed by atoms with Crippen LogP contribution in [0.25, 0.3) is 11.5 Å². The van der Waals surface area contributed by atoms with Gasteiger partial charge < -0.3 is 9.73 Å². The number of nitrogens with zero attached hydrogens (tertiary/aromatic N) is 1. The van der Waals surface area contributed by atoms with Gasteiger partial charge in [0.2, 0.25) is 15.9 Å². The van der Waals surface area contributed by atoms with Gasteiger partial charge in [0.1, 0.15) is 6.26 Å². The van der Waals surface area contributed by atoms with E-state index in [0.29, 0.717) is 30.0 Å². The summed E-state index contributed by atoms with van der Waals surface area (Å²) in [5, 5.41) is 2.84. The number of oxazole rings is 1. The van der Waals surface area contributed by atoms with E-state index in [1.807, 2.05) is 31.2 Å². The second-order valence-corrected chi connectivity index (χ2v) is 9.60. The first-order chi connectivity index (χ1) is 14.8. The minimum absolute atomic E-state index is 0.0100. The summed E-state index contributed by atoms with van der Waals surface area (Å²) in [6.45, 7) is 4.16. The molecule has 1 saturated carbocycles. The van der Waals surface area contributed by atoms with Crippen molar-refractivity contribution in [2.75, 3.05) is 6.54 Å². The van der Waals surface area contributed by atoms with Crippen molar-refractivity contribution in [2.24, 2.45) is 0 Å². The molecular weight excluding hydrogens is 414 g/mol. The quantitative estimate of drug-likeness (QED) is 0.560. The van der Waals surface area contributed by atoms with Crippen molar-refractivity contribution in [1.29, 1.82) is 0 Å². The molecule has 2 N–H and O–H groups in total. The molecule has 0 spiro atoms. The normalized spacial score (nSPS) is 13.9. The average molecular weight is 440 g/mol. The molecule has 0 aliphatic heterocycles. The van der Waals surface area contributed by atoms with Crippen LogP contribution in [0, 0.1) is 13.8 Å². The van der Waals surface area contributed by atoms with Gasteiger partial charge in [-0.1, -0.05) is 23.8 Å². The maximum atomic E-state index is 12.7. The first-order valence-electron chi connectivity index (χ1n) is 10.2. The number of carbonyl (C=O) groups is 1. The van der Waals surface area contributed by atoms with E-state index >= 15 is 0 Å². The van der Waals surface area contributed by atoms with Gasteiger partial charge >= 0.3 is 0 Å². The third-order valence-electron chi connectivity index (χ3n) is 5.18. The molecule has 0 bridgehead atoms. The summed E-state index contributed by atoms with van der Waals surface area (Å²) in [7, 11) is -3.61. The average Bonchev–Trinajstić information content (AvgIpc) is 3.41. The number of amides is 1. The molecule has 0 atom stereocenters.